The molecule has 0 aromatic rings. The number of ether oxygens (including phenoxy) is 1. The molecule has 0 aliphatic carbocycles. The summed E-state index contributed by atoms with van der Waals surface area (Å²) in [6.45, 7) is -0.169. The van der Waals surface area contributed by atoms with E-state index in [1.165, 1.54) is 0 Å². The van der Waals surface area contributed by atoms with Crippen molar-refractivity contribution in [3.63, 3.8) is 0 Å². The van der Waals surface area contributed by atoms with Gasteiger partial charge in [-0.25, -0.2) is 4.79 Å². The molecule has 0 radical (unpaired) electrons. The Balaban J connectivity index is 2.54. The molecule has 88 valence electrons. The number of nitrogens with two attached hydrogens (primary N) is 1. The number of primary amides is 1. The first-order valence-corrected chi connectivity index (χ1v) is 4.34. The van der Waals surface area contributed by atoms with Gasteiger partial charge in [0.2, 0.25) is 0 Å². The molecular formula is C7H14N2O6. The second kappa shape index (κ2) is 4.73. The van der Waals surface area contributed by atoms with Crippen LogP contribution in [0.3, 0.4) is 0 Å². The molecule has 0 saturated carbocycles. The smallest absolute Gasteiger partial charge is 0.312 e. The molecule has 1 heterocycles. The van der Waals surface area contributed by atoms with E-state index >= 15 is 0 Å². The van der Waals surface area contributed by atoms with Crippen molar-refractivity contribution in [2.24, 2.45) is 5.73 Å². The van der Waals surface area contributed by atoms with Crippen molar-refractivity contribution in [2.75, 3.05) is 6.54 Å². The molecule has 8 nitrogen and oxygen atoms in total. The Labute approximate surface area is 85.3 Å². The average Bonchev–Trinajstić information content (AvgIpc) is 2.18. The van der Waals surface area contributed by atoms with Gasteiger partial charge < -0.3 is 36.2 Å². The number of aliphatic hydroxyl groups is 4. The summed E-state index contributed by atoms with van der Waals surface area (Å²) in [5.41, 5.74) is 4.79. The molecule has 8 heteroatoms. The molecule has 0 bridgehead atoms. The SMILES string of the molecule is NC(=O)NC[C@H]1O[C@@H](O)[C@H](O)[C@@H](O)[C@@H]1O. The van der Waals surface area contributed by atoms with Crippen LogP contribution in [-0.2, 0) is 4.74 Å². The summed E-state index contributed by atoms with van der Waals surface area (Å²) < 4.78 is 4.76. The summed E-state index contributed by atoms with van der Waals surface area (Å²) in [6.07, 6.45) is -7.15. The van der Waals surface area contributed by atoms with Crippen molar-refractivity contribution in [3.8, 4) is 0 Å². The van der Waals surface area contributed by atoms with Crippen molar-refractivity contribution in [1.29, 1.82) is 0 Å². The van der Waals surface area contributed by atoms with Crippen LogP contribution in [0.1, 0.15) is 0 Å². The van der Waals surface area contributed by atoms with Crippen molar-refractivity contribution in [3.05, 3.63) is 0 Å². The molecule has 1 fully saturated rings. The number of carbonyl (C=O) groups excluding carboxylic acids is 1. The number of amides is 2. The summed E-state index contributed by atoms with van der Waals surface area (Å²) in [5, 5.41) is 39.0. The van der Waals surface area contributed by atoms with Crippen LogP contribution in [0.15, 0.2) is 0 Å². The maximum Gasteiger partial charge on any atom is 0.312 e. The number of hydrogen-bond acceptors (Lipinski definition) is 6. The minimum atomic E-state index is -1.61. The van der Waals surface area contributed by atoms with E-state index in [1.54, 1.807) is 0 Å². The summed E-state index contributed by atoms with van der Waals surface area (Å²) in [4.78, 5) is 10.4. The van der Waals surface area contributed by atoms with Crippen molar-refractivity contribution in [2.45, 2.75) is 30.7 Å². The highest BCUT2D eigenvalue weighted by atomic mass is 16.6. The molecule has 0 spiro atoms. The van der Waals surface area contributed by atoms with Crippen LogP contribution in [-0.4, -0.2) is 63.7 Å². The fraction of sp³-hybridized carbons (Fsp3) is 0.857. The van der Waals surface area contributed by atoms with Crippen molar-refractivity contribution in [1.82, 2.24) is 5.32 Å². The van der Waals surface area contributed by atoms with Crippen molar-refractivity contribution < 1.29 is 30.0 Å². The summed E-state index contributed by atoms with van der Waals surface area (Å²) in [7, 11) is 0. The second-order valence-electron chi connectivity index (χ2n) is 3.28. The fourth-order valence-corrected chi connectivity index (χ4v) is 1.30. The fourth-order valence-electron chi connectivity index (χ4n) is 1.30. The first-order chi connectivity index (χ1) is 6.93. The Morgan fingerprint density at radius 2 is 1.80 bits per heavy atom. The molecule has 1 rings (SSSR count). The van der Waals surface area contributed by atoms with E-state index in [2.05, 4.69) is 5.32 Å². The van der Waals surface area contributed by atoms with Gasteiger partial charge in [0.25, 0.3) is 0 Å². The average molecular weight is 222 g/mol. The monoisotopic (exact) mass is 222 g/mol. The lowest BCUT2D eigenvalue weighted by Gasteiger charge is -2.38. The van der Waals surface area contributed by atoms with Crippen LogP contribution in [0.25, 0.3) is 0 Å². The Morgan fingerprint density at radius 3 is 2.33 bits per heavy atom. The van der Waals surface area contributed by atoms with Crippen LogP contribution in [0, 0.1) is 0 Å². The van der Waals surface area contributed by atoms with E-state index in [1.807, 2.05) is 0 Å². The highest BCUT2D eigenvalue weighted by molar-refractivity contribution is 5.71. The van der Waals surface area contributed by atoms with E-state index in [0.717, 1.165) is 0 Å². The van der Waals surface area contributed by atoms with Crippen molar-refractivity contribution >= 4 is 6.03 Å². The minimum Gasteiger partial charge on any atom is -0.388 e. The lowest BCUT2D eigenvalue weighted by atomic mass is 9.99. The summed E-state index contributed by atoms with van der Waals surface area (Å²) in [5.74, 6) is 0. The third-order valence-electron chi connectivity index (χ3n) is 2.16. The molecule has 1 aliphatic rings. The van der Waals surface area contributed by atoms with E-state index in [4.69, 9.17) is 20.7 Å². The first kappa shape index (κ1) is 12.1. The van der Waals surface area contributed by atoms with Gasteiger partial charge in [0.05, 0.1) is 0 Å². The van der Waals surface area contributed by atoms with Gasteiger partial charge in [0.15, 0.2) is 6.29 Å². The second-order valence-corrected chi connectivity index (χ2v) is 3.28. The highest BCUT2D eigenvalue weighted by Crippen LogP contribution is 2.19. The number of aliphatic hydroxyl groups excluding tert-OH is 4. The largest absolute Gasteiger partial charge is 0.388 e. The zero-order valence-electron chi connectivity index (χ0n) is 7.78. The summed E-state index contributed by atoms with van der Waals surface area (Å²) in [6, 6.07) is -0.819. The van der Waals surface area contributed by atoms with Crippen LogP contribution in [0.5, 0.6) is 0 Å². The number of carbonyl (C=O) groups is 1. The van der Waals surface area contributed by atoms with E-state index in [0.29, 0.717) is 0 Å². The zero-order valence-corrected chi connectivity index (χ0v) is 7.78. The third-order valence-corrected chi connectivity index (χ3v) is 2.16. The van der Waals surface area contributed by atoms with E-state index in [-0.39, 0.29) is 6.54 Å². The topological polar surface area (TPSA) is 145 Å². The van der Waals surface area contributed by atoms with Crippen LogP contribution in [0.2, 0.25) is 0 Å². The number of hydrogen-bond donors (Lipinski definition) is 6. The van der Waals surface area contributed by atoms with Gasteiger partial charge in [0, 0.05) is 6.54 Å². The Bertz CT molecular complexity index is 238. The number of nitrogens with one attached hydrogen (secondary N) is 1. The Morgan fingerprint density at radius 1 is 1.20 bits per heavy atom. The number of urea groups is 1. The molecule has 2 amide bonds. The van der Waals surface area contributed by atoms with Gasteiger partial charge >= 0.3 is 6.03 Å². The lowest BCUT2D eigenvalue weighted by molar-refractivity contribution is -0.279. The molecular weight excluding hydrogens is 208 g/mol. The van der Waals surface area contributed by atoms with E-state index in [9.17, 15) is 15.0 Å². The van der Waals surface area contributed by atoms with Gasteiger partial charge in [-0.05, 0) is 0 Å². The van der Waals surface area contributed by atoms with Gasteiger partial charge in [0.1, 0.15) is 24.4 Å². The molecule has 15 heavy (non-hydrogen) atoms. The maximum atomic E-state index is 10.4. The van der Waals surface area contributed by atoms with Gasteiger partial charge in [-0.1, -0.05) is 0 Å². The van der Waals surface area contributed by atoms with Crippen LogP contribution < -0.4 is 11.1 Å². The Hall–Kier alpha value is -0.930. The predicted octanol–water partition coefficient (Wildman–Crippen LogP) is -3.55. The van der Waals surface area contributed by atoms with Crippen LogP contribution in [0.4, 0.5) is 4.79 Å². The Kier molecular flexibility index (Phi) is 3.83. The molecule has 0 aromatic carbocycles. The molecule has 7 N–H and O–H groups in total. The first-order valence-electron chi connectivity index (χ1n) is 4.34. The number of rotatable bonds is 2. The molecule has 5 atom stereocenters. The predicted molar refractivity (Wildman–Crippen MR) is 46.5 cm³/mol. The maximum absolute atomic E-state index is 10.4. The van der Waals surface area contributed by atoms with E-state index < -0.39 is 36.7 Å². The normalized spacial score (nSPS) is 41.2. The van der Waals surface area contributed by atoms with Gasteiger partial charge in [-0.3, -0.25) is 0 Å². The molecule has 0 aromatic heterocycles. The van der Waals surface area contributed by atoms with Gasteiger partial charge in [-0.2, -0.15) is 0 Å². The zero-order chi connectivity index (χ0) is 11.6. The third kappa shape index (κ3) is 2.76. The molecule has 1 aliphatic heterocycles. The highest BCUT2D eigenvalue weighted by Gasteiger charge is 2.42. The molecule has 0 unspecified atom stereocenters. The lowest BCUT2D eigenvalue weighted by Crippen LogP contribution is -2.60. The van der Waals surface area contributed by atoms with Crippen LogP contribution >= 0.6 is 0 Å². The standard InChI is InChI=1S/C7H14N2O6/c8-7(14)9-1-2-3(10)4(11)5(12)6(13)15-2/h2-6,10-13H,1H2,(H3,8,9,14)/t2-,3-,4+,5-,6-/m1/s1. The van der Waals surface area contributed by atoms with Gasteiger partial charge in [-0.15, -0.1) is 0 Å². The summed E-state index contributed by atoms with van der Waals surface area (Å²) >= 11 is 0. The molecule has 1 saturated heterocycles. The minimum absolute atomic E-state index is 0.169. The quantitative estimate of drug-likeness (QED) is 0.285.